The van der Waals surface area contributed by atoms with Crippen molar-refractivity contribution in [2.75, 3.05) is 26.2 Å². The summed E-state index contributed by atoms with van der Waals surface area (Å²) in [4.78, 5) is 11.8. The van der Waals surface area contributed by atoms with Crippen LogP contribution in [0, 0.1) is 12.8 Å². The molecule has 0 aliphatic carbocycles. The van der Waals surface area contributed by atoms with E-state index in [1.165, 1.54) is 12.0 Å². The van der Waals surface area contributed by atoms with E-state index < -0.39 is 0 Å². The van der Waals surface area contributed by atoms with Gasteiger partial charge < -0.3 is 10.2 Å². The highest BCUT2D eigenvalue weighted by Crippen LogP contribution is 2.21. The number of hydrogen-bond acceptors (Lipinski definition) is 3. The minimum Gasteiger partial charge on any atom is -0.357 e. The van der Waals surface area contributed by atoms with Crippen molar-refractivity contribution >= 4 is 41.3 Å². The summed E-state index contributed by atoms with van der Waals surface area (Å²) in [5.41, 5.74) is 2.60. The van der Waals surface area contributed by atoms with E-state index in [2.05, 4.69) is 64.8 Å². The quantitative estimate of drug-likeness (QED) is 0.381. The molecule has 0 amide bonds. The van der Waals surface area contributed by atoms with Gasteiger partial charge in [0.05, 0.1) is 10.7 Å². The molecule has 2 aromatic rings. The molecule has 6 heteroatoms. The largest absolute Gasteiger partial charge is 0.357 e. The van der Waals surface area contributed by atoms with Crippen molar-refractivity contribution in [1.82, 2.24) is 15.2 Å². The molecule has 1 saturated heterocycles. The topological polar surface area (TPSA) is 40.5 Å². The van der Waals surface area contributed by atoms with Crippen molar-refractivity contribution in [1.29, 1.82) is 0 Å². The predicted molar refractivity (Wildman–Crippen MR) is 122 cm³/mol. The summed E-state index contributed by atoms with van der Waals surface area (Å²) in [6, 6.07) is 10.8. The van der Waals surface area contributed by atoms with Gasteiger partial charge >= 0.3 is 0 Å². The van der Waals surface area contributed by atoms with Crippen LogP contribution in [-0.2, 0) is 12.8 Å². The Bertz CT molecular complexity index is 686. The number of nitrogens with zero attached hydrogens (tertiary/aromatic N) is 3. The highest BCUT2D eigenvalue weighted by Gasteiger charge is 2.24. The van der Waals surface area contributed by atoms with E-state index >= 15 is 0 Å². The van der Waals surface area contributed by atoms with Crippen LogP contribution in [0.4, 0.5) is 0 Å². The Balaban J connectivity index is 0.00000243. The first-order chi connectivity index (χ1) is 12.2. The molecule has 0 saturated carbocycles. The monoisotopic (exact) mass is 484 g/mol. The van der Waals surface area contributed by atoms with E-state index in [4.69, 9.17) is 4.99 Å². The Kier molecular flexibility index (Phi) is 8.84. The van der Waals surface area contributed by atoms with E-state index in [0.29, 0.717) is 5.92 Å². The molecule has 1 aliphatic heterocycles. The number of nitrogens with one attached hydrogen (secondary N) is 1. The fourth-order valence-electron chi connectivity index (χ4n) is 3.36. The number of benzene rings is 1. The van der Waals surface area contributed by atoms with Crippen LogP contribution >= 0.6 is 35.3 Å². The van der Waals surface area contributed by atoms with Crippen LogP contribution in [0.1, 0.15) is 29.6 Å². The van der Waals surface area contributed by atoms with Crippen molar-refractivity contribution in [2.24, 2.45) is 10.9 Å². The number of hydrogen-bond donors (Lipinski definition) is 1. The predicted octanol–water partition coefficient (Wildman–Crippen LogP) is 4.14. The maximum Gasteiger partial charge on any atom is 0.193 e. The van der Waals surface area contributed by atoms with Gasteiger partial charge in [0.2, 0.25) is 0 Å². The molecule has 0 spiro atoms. The zero-order valence-electron chi connectivity index (χ0n) is 15.6. The van der Waals surface area contributed by atoms with E-state index in [1.54, 1.807) is 11.3 Å². The average molecular weight is 484 g/mol. The molecular weight excluding hydrogens is 455 g/mol. The number of guanidine groups is 1. The number of aryl methyl sites for hydroxylation is 1. The van der Waals surface area contributed by atoms with E-state index in [9.17, 15) is 0 Å². The summed E-state index contributed by atoms with van der Waals surface area (Å²) < 4.78 is 0. The highest BCUT2D eigenvalue weighted by atomic mass is 127. The lowest BCUT2D eigenvalue weighted by Crippen LogP contribution is -2.40. The van der Waals surface area contributed by atoms with Gasteiger partial charge in [-0.05, 0) is 38.2 Å². The Hall–Kier alpha value is -1.15. The second kappa shape index (κ2) is 10.9. The second-order valence-corrected chi connectivity index (χ2v) is 7.70. The first kappa shape index (κ1) is 21.2. The molecule has 2 heterocycles. The SMILES string of the molecule is CCNC(=NCCc1csc(C)n1)N1CCC(Cc2ccccc2)C1.I. The Morgan fingerprint density at radius 3 is 2.85 bits per heavy atom. The molecule has 0 radical (unpaired) electrons. The zero-order valence-corrected chi connectivity index (χ0v) is 18.8. The minimum absolute atomic E-state index is 0. The summed E-state index contributed by atoms with van der Waals surface area (Å²) in [5.74, 6) is 1.78. The molecule has 3 rings (SSSR count). The fraction of sp³-hybridized carbons (Fsp3) is 0.500. The normalized spacial score (nSPS) is 17.2. The molecule has 142 valence electrons. The molecule has 26 heavy (non-hydrogen) atoms. The lowest BCUT2D eigenvalue weighted by molar-refractivity contribution is 0.460. The van der Waals surface area contributed by atoms with Crippen LogP contribution in [0.15, 0.2) is 40.7 Å². The zero-order chi connectivity index (χ0) is 17.5. The molecule has 1 aromatic carbocycles. The van der Waals surface area contributed by atoms with Crippen LogP contribution in [0.5, 0.6) is 0 Å². The number of rotatable bonds is 6. The molecule has 1 atom stereocenters. The smallest absolute Gasteiger partial charge is 0.193 e. The third kappa shape index (κ3) is 6.23. The number of halogens is 1. The first-order valence-electron chi connectivity index (χ1n) is 9.22. The third-order valence-corrected chi connectivity index (χ3v) is 5.41. The molecular formula is C20H29IN4S. The number of thiazole rings is 1. The average Bonchev–Trinajstić information content (AvgIpc) is 3.24. The Morgan fingerprint density at radius 2 is 2.15 bits per heavy atom. The number of likely N-dealkylation sites (tertiary alicyclic amines) is 1. The molecule has 1 fully saturated rings. The van der Waals surface area contributed by atoms with Crippen molar-refractivity contribution in [3.8, 4) is 0 Å². The summed E-state index contributed by atoms with van der Waals surface area (Å²) >= 11 is 1.71. The molecule has 1 N–H and O–H groups in total. The van der Waals surface area contributed by atoms with Crippen molar-refractivity contribution in [3.63, 3.8) is 0 Å². The molecule has 1 aliphatic rings. The summed E-state index contributed by atoms with van der Waals surface area (Å²) in [6.07, 6.45) is 3.32. The highest BCUT2D eigenvalue weighted by molar-refractivity contribution is 14.0. The number of aliphatic imine (C=N–C) groups is 1. The third-order valence-electron chi connectivity index (χ3n) is 4.58. The van der Waals surface area contributed by atoms with Crippen LogP contribution in [0.3, 0.4) is 0 Å². The van der Waals surface area contributed by atoms with Crippen molar-refractivity contribution in [3.05, 3.63) is 52.0 Å². The van der Waals surface area contributed by atoms with Gasteiger partial charge in [-0.3, -0.25) is 4.99 Å². The van der Waals surface area contributed by atoms with Crippen LogP contribution in [0.25, 0.3) is 0 Å². The summed E-state index contributed by atoms with van der Waals surface area (Å²) in [5, 5.41) is 6.73. The molecule has 0 bridgehead atoms. The first-order valence-corrected chi connectivity index (χ1v) is 10.1. The summed E-state index contributed by atoms with van der Waals surface area (Å²) in [7, 11) is 0. The van der Waals surface area contributed by atoms with Gasteiger partial charge in [0.1, 0.15) is 0 Å². The van der Waals surface area contributed by atoms with Gasteiger partial charge in [-0.25, -0.2) is 4.98 Å². The maximum absolute atomic E-state index is 4.84. The Labute approximate surface area is 178 Å². The molecule has 4 nitrogen and oxygen atoms in total. The minimum atomic E-state index is 0. The van der Waals surface area contributed by atoms with E-state index in [1.807, 2.05) is 0 Å². The number of aromatic nitrogens is 1. The Morgan fingerprint density at radius 1 is 1.35 bits per heavy atom. The maximum atomic E-state index is 4.84. The van der Waals surface area contributed by atoms with E-state index in [0.717, 1.165) is 55.7 Å². The molecule has 1 aromatic heterocycles. The van der Waals surface area contributed by atoms with Gasteiger partial charge in [0.15, 0.2) is 5.96 Å². The fourth-order valence-corrected chi connectivity index (χ4v) is 4.01. The van der Waals surface area contributed by atoms with E-state index in [-0.39, 0.29) is 24.0 Å². The standard InChI is InChI=1S/C20H28N4S.HI/c1-3-21-20(22-11-9-19-15-25-16(2)23-19)24-12-10-18(14-24)13-17-7-5-4-6-8-17;/h4-8,15,18H,3,9-14H2,1-2H3,(H,21,22);1H. The van der Waals surface area contributed by atoms with Gasteiger partial charge in [-0.1, -0.05) is 30.3 Å². The van der Waals surface area contributed by atoms with Gasteiger partial charge in [0.25, 0.3) is 0 Å². The van der Waals surface area contributed by atoms with Crippen molar-refractivity contribution < 1.29 is 0 Å². The lowest BCUT2D eigenvalue weighted by Gasteiger charge is -2.21. The lowest BCUT2D eigenvalue weighted by atomic mass is 9.99. The molecule has 1 unspecified atom stereocenters. The van der Waals surface area contributed by atoms with Crippen molar-refractivity contribution in [2.45, 2.75) is 33.1 Å². The van der Waals surface area contributed by atoms with Gasteiger partial charge in [-0.2, -0.15) is 0 Å². The van der Waals surface area contributed by atoms with Crippen LogP contribution < -0.4 is 5.32 Å². The summed E-state index contributed by atoms with van der Waals surface area (Å²) in [6.45, 7) is 8.09. The van der Waals surface area contributed by atoms with Crippen LogP contribution in [0.2, 0.25) is 0 Å². The van der Waals surface area contributed by atoms with Gasteiger partial charge in [0, 0.05) is 38.0 Å². The van der Waals surface area contributed by atoms with Gasteiger partial charge in [-0.15, -0.1) is 35.3 Å². The second-order valence-electron chi connectivity index (χ2n) is 6.63. The van der Waals surface area contributed by atoms with Crippen LogP contribution in [-0.4, -0.2) is 42.0 Å².